The lowest BCUT2D eigenvalue weighted by atomic mass is 9.99. The van der Waals surface area contributed by atoms with E-state index in [-0.39, 0.29) is 24.2 Å². The summed E-state index contributed by atoms with van der Waals surface area (Å²) in [6.45, 7) is 5.11. The van der Waals surface area contributed by atoms with E-state index in [4.69, 9.17) is 4.74 Å². The highest BCUT2D eigenvalue weighted by Crippen LogP contribution is 2.41. The van der Waals surface area contributed by atoms with E-state index in [2.05, 4.69) is 22.3 Å². The molecule has 5 heteroatoms. The molecule has 132 valence electrons. The van der Waals surface area contributed by atoms with E-state index in [9.17, 15) is 4.79 Å². The topological polar surface area (TPSA) is 44.8 Å². The van der Waals surface area contributed by atoms with Gasteiger partial charge in [0.15, 0.2) is 0 Å². The Balaban J connectivity index is 1.81. The largest absolute Gasteiger partial charge is 0.497 e. The molecule has 1 saturated heterocycles. The van der Waals surface area contributed by atoms with Crippen LogP contribution in [0.3, 0.4) is 0 Å². The average Bonchev–Trinajstić information content (AvgIpc) is 3.35. The minimum absolute atomic E-state index is 0.0144. The molecule has 2 atom stereocenters. The van der Waals surface area contributed by atoms with Crippen molar-refractivity contribution in [3.8, 4) is 5.75 Å². The molecule has 2 amide bonds. The number of likely N-dealkylation sites (tertiary alicyclic amines) is 1. The molecule has 0 radical (unpaired) electrons. The fraction of sp³-hybridized carbons (Fsp3) is 0.632. The van der Waals surface area contributed by atoms with E-state index in [1.165, 1.54) is 18.4 Å². The van der Waals surface area contributed by atoms with E-state index < -0.39 is 0 Å². The van der Waals surface area contributed by atoms with Gasteiger partial charge in [0.25, 0.3) is 0 Å². The number of nitrogens with one attached hydrogen (secondary N) is 1. The SMILES string of the molecule is COc1cccc([C@H]2[C@@H](NC(=O)N(C)C(C)C)CCN2C2CC2)c1. The van der Waals surface area contributed by atoms with Crippen LogP contribution in [0.2, 0.25) is 0 Å². The van der Waals surface area contributed by atoms with Gasteiger partial charge in [-0.15, -0.1) is 0 Å². The molecule has 1 aromatic rings. The summed E-state index contributed by atoms with van der Waals surface area (Å²) in [5.41, 5.74) is 1.23. The van der Waals surface area contributed by atoms with E-state index in [1.807, 2.05) is 33.0 Å². The number of hydrogen-bond acceptors (Lipinski definition) is 3. The summed E-state index contributed by atoms with van der Waals surface area (Å²) in [5, 5.41) is 3.26. The molecule has 1 heterocycles. The van der Waals surface area contributed by atoms with Gasteiger partial charge in [-0.25, -0.2) is 4.79 Å². The highest BCUT2D eigenvalue weighted by molar-refractivity contribution is 5.74. The number of ether oxygens (including phenoxy) is 1. The summed E-state index contributed by atoms with van der Waals surface area (Å²) >= 11 is 0. The van der Waals surface area contributed by atoms with E-state index in [0.29, 0.717) is 6.04 Å². The normalized spacial score (nSPS) is 24.2. The molecule has 0 spiro atoms. The second-order valence-corrected chi connectivity index (χ2v) is 7.24. The average molecular weight is 331 g/mol. The Labute approximate surface area is 145 Å². The van der Waals surface area contributed by atoms with Gasteiger partial charge in [-0.05, 0) is 50.8 Å². The smallest absolute Gasteiger partial charge is 0.317 e. The zero-order valence-corrected chi connectivity index (χ0v) is 15.2. The van der Waals surface area contributed by atoms with E-state index >= 15 is 0 Å². The molecule has 2 aliphatic rings. The van der Waals surface area contributed by atoms with Gasteiger partial charge in [0.05, 0.1) is 19.2 Å². The van der Waals surface area contributed by atoms with Crippen LogP contribution in [0, 0.1) is 0 Å². The first-order valence-corrected chi connectivity index (χ1v) is 8.94. The Morgan fingerprint density at radius 2 is 2.08 bits per heavy atom. The second-order valence-electron chi connectivity index (χ2n) is 7.24. The number of nitrogens with zero attached hydrogens (tertiary/aromatic N) is 2. The van der Waals surface area contributed by atoms with Gasteiger partial charge in [-0.2, -0.15) is 0 Å². The van der Waals surface area contributed by atoms with E-state index in [1.54, 1.807) is 12.0 Å². The highest BCUT2D eigenvalue weighted by atomic mass is 16.5. The zero-order chi connectivity index (χ0) is 17.3. The highest BCUT2D eigenvalue weighted by Gasteiger charge is 2.43. The summed E-state index contributed by atoms with van der Waals surface area (Å²) in [7, 11) is 3.55. The van der Waals surface area contributed by atoms with Gasteiger partial charge >= 0.3 is 6.03 Å². The summed E-state index contributed by atoms with van der Waals surface area (Å²) in [6.07, 6.45) is 3.54. The van der Waals surface area contributed by atoms with Crippen LogP contribution in [-0.2, 0) is 0 Å². The first-order chi connectivity index (χ1) is 11.5. The minimum Gasteiger partial charge on any atom is -0.497 e. The molecule has 0 unspecified atom stereocenters. The van der Waals surface area contributed by atoms with Crippen LogP contribution in [0.15, 0.2) is 24.3 Å². The van der Waals surface area contributed by atoms with Crippen molar-refractivity contribution in [3.63, 3.8) is 0 Å². The molecule has 0 bridgehead atoms. The third kappa shape index (κ3) is 3.51. The lowest BCUT2D eigenvalue weighted by molar-refractivity contribution is 0.183. The maximum absolute atomic E-state index is 12.5. The van der Waals surface area contributed by atoms with Gasteiger partial charge in [-0.3, -0.25) is 4.90 Å². The molecule has 1 N–H and O–H groups in total. The zero-order valence-electron chi connectivity index (χ0n) is 15.2. The van der Waals surface area contributed by atoms with Gasteiger partial charge in [0.2, 0.25) is 0 Å². The lowest BCUT2D eigenvalue weighted by Crippen LogP contribution is -2.47. The number of methoxy groups -OCH3 is 1. The number of amides is 2. The van der Waals surface area contributed by atoms with Crippen molar-refractivity contribution in [2.24, 2.45) is 0 Å². The molecule has 5 nitrogen and oxygen atoms in total. The maximum atomic E-state index is 12.5. The second kappa shape index (κ2) is 7.01. The van der Waals surface area contributed by atoms with Crippen molar-refractivity contribution in [1.82, 2.24) is 15.1 Å². The Bertz CT molecular complexity index is 586. The fourth-order valence-corrected chi connectivity index (χ4v) is 3.53. The number of hydrogen-bond donors (Lipinski definition) is 1. The van der Waals surface area contributed by atoms with Crippen LogP contribution in [0.5, 0.6) is 5.75 Å². The lowest BCUT2D eigenvalue weighted by Gasteiger charge is -2.31. The van der Waals surface area contributed by atoms with Crippen LogP contribution < -0.4 is 10.1 Å². The molecule has 24 heavy (non-hydrogen) atoms. The van der Waals surface area contributed by atoms with Crippen LogP contribution >= 0.6 is 0 Å². The van der Waals surface area contributed by atoms with Crippen LogP contribution in [0.25, 0.3) is 0 Å². The predicted molar refractivity (Wildman–Crippen MR) is 95.3 cm³/mol. The summed E-state index contributed by atoms with van der Waals surface area (Å²) in [6, 6.07) is 9.53. The van der Waals surface area contributed by atoms with E-state index in [0.717, 1.165) is 18.7 Å². The molecule has 1 aliphatic carbocycles. The number of benzene rings is 1. The Morgan fingerprint density at radius 3 is 2.71 bits per heavy atom. The van der Waals surface area contributed by atoms with Crippen LogP contribution in [-0.4, -0.2) is 54.7 Å². The van der Waals surface area contributed by atoms with Crippen molar-refractivity contribution < 1.29 is 9.53 Å². The molecule has 0 aromatic heterocycles. The van der Waals surface area contributed by atoms with Gasteiger partial charge < -0.3 is 15.0 Å². The fourth-order valence-electron chi connectivity index (χ4n) is 3.53. The van der Waals surface area contributed by atoms with Crippen molar-refractivity contribution in [1.29, 1.82) is 0 Å². The molecule has 2 fully saturated rings. The number of carbonyl (C=O) groups excluding carboxylic acids is 1. The molecule has 1 aliphatic heterocycles. The Hall–Kier alpha value is -1.75. The number of carbonyl (C=O) groups is 1. The maximum Gasteiger partial charge on any atom is 0.317 e. The summed E-state index contributed by atoms with van der Waals surface area (Å²) < 4.78 is 5.40. The Kier molecular flexibility index (Phi) is 4.99. The first-order valence-electron chi connectivity index (χ1n) is 8.94. The summed E-state index contributed by atoms with van der Waals surface area (Å²) in [4.78, 5) is 16.8. The van der Waals surface area contributed by atoms with Gasteiger partial charge in [0, 0.05) is 25.7 Å². The first kappa shape index (κ1) is 17.1. The number of urea groups is 1. The third-order valence-electron chi connectivity index (χ3n) is 5.29. The number of rotatable bonds is 5. The molecular weight excluding hydrogens is 302 g/mol. The van der Waals surface area contributed by atoms with Crippen LogP contribution in [0.1, 0.15) is 44.7 Å². The minimum atomic E-state index is 0.0144. The van der Waals surface area contributed by atoms with Crippen molar-refractivity contribution in [3.05, 3.63) is 29.8 Å². The molecule has 1 saturated carbocycles. The van der Waals surface area contributed by atoms with Gasteiger partial charge in [0.1, 0.15) is 5.75 Å². The van der Waals surface area contributed by atoms with Crippen LogP contribution in [0.4, 0.5) is 4.79 Å². The molecule has 1 aromatic carbocycles. The molecule has 3 rings (SSSR count). The summed E-state index contributed by atoms with van der Waals surface area (Å²) in [5.74, 6) is 0.875. The third-order valence-corrected chi connectivity index (χ3v) is 5.29. The standard InChI is InChI=1S/C19H29N3O2/c1-13(2)21(3)19(23)20-17-10-11-22(15-8-9-15)18(17)14-6-5-7-16(12-14)24-4/h5-7,12-13,15,17-18H,8-11H2,1-4H3,(H,20,23)/t17-,18-/m0/s1. The molecular formula is C19H29N3O2. The Morgan fingerprint density at radius 1 is 1.33 bits per heavy atom. The quantitative estimate of drug-likeness (QED) is 0.902. The monoisotopic (exact) mass is 331 g/mol. The van der Waals surface area contributed by atoms with Crippen molar-refractivity contribution >= 4 is 6.03 Å². The van der Waals surface area contributed by atoms with Crippen molar-refractivity contribution in [2.75, 3.05) is 20.7 Å². The van der Waals surface area contributed by atoms with Crippen molar-refractivity contribution in [2.45, 2.75) is 57.3 Å². The predicted octanol–water partition coefficient (Wildman–Crippen LogP) is 3.02. The van der Waals surface area contributed by atoms with Gasteiger partial charge in [-0.1, -0.05) is 12.1 Å².